The van der Waals surface area contributed by atoms with E-state index in [0.29, 0.717) is 17.9 Å². The van der Waals surface area contributed by atoms with Crippen LogP contribution < -0.4 is 20.3 Å². The minimum Gasteiger partial charge on any atom is -0.550 e. The van der Waals surface area contributed by atoms with Gasteiger partial charge in [0.15, 0.2) is 11.5 Å². The van der Waals surface area contributed by atoms with E-state index in [4.69, 9.17) is 9.47 Å². The largest absolute Gasteiger partial charge is 0.550 e. The Balaban J connectivity index is 3.01. The molecule has 94 valence electrons. The number of rotatable bonds is 6. The molecule has 1 atom stereocenters. The number of carboxylic acid groups (broad SMARTS) is 1. The number of para-hydroxylation sites is 1. The first-order valence-corrected chi connectivity index (χ1v) is 5.34. The van der Waals surface area contributed by atoms with Crippen molar-refractivity contribution in [3.8, 4) is 11.5 Å². The molecular weight excluding hydrogens is 222 g/mol. The average Bonchev–Trinajstić information content (AvgIpc) is 2.34. The lowest BCUT2D eigenvalue weighted by molar-refractivity contribution is -0.387. The molecule has 0 saturated heterocycles. The van der Waals surface area contributed by atoms with E-state index < -0.39 is 11.9 Å². The van der Waals surface area contributed by atoms with Crippen molar-refractivity contribution in [3.05, 3.63) is 23.8 Å². The quantitative estimate of drug-likeness (QED) is 0.679. The summed E-state index contributed by atoms with van der Waals surface area (Å²) in [5, 5.41) is 10.9. The van der Waals surface area contributed by atoms with Gasteiger partial charge >= 0.3 is 0 Å². The zero-order valence-corrected chi connectivity index (χ0v) is 10.1. The maximum atomic E-state index is 10.9. The number of carbonyl (C=O) groups is 1. The van der Waals surface area contributed by atoms with Crippen LogP contribution >= 0.6 is 0 Å². The highest BCUT2D eigenvalue weighted by atomic mass is 16.5. The van der Waals surface area contributed by atoms with Crippen LogP contribution in [0.4, 0.5) is 0 Å². The molecule has 0 fully saturated rings. The van der Waals surface area contributed by atoms with Gasteiger partial charge in [0.2, 0.25) is 0 Å². The average molecular weight is 239 g/mol. The first-order chi connectivity index (χ1) is 8.13. The van der Waals surface area contributed by atoms with E-state index in [9.17, 15) is 9.90 Å². The molecule has 0 aliphatic carbocycles. The Morgan fingerprint density at radius 3 is 2.59 bits per heavy atom. The number of hydrogen-bond acceptors (Lipinski definition) is 4. The molecule has 5 heteroatoms. The summed E-state index contributed by atoms with van der Waals surface area (Å²) in [6.45, 7) is 0.280. The third kappa shape index (κ3) is 3.10. The summed E-state index contributed by atoms with van der Waals surface area (Å²) in [5.41, 5.74) is 4.39. The van der Waals surface area contributed by atoms with Crippen molar-refractivity contribution in [2.75, 3.05) is 20.8 Å². The minimum atomic E-state index is -1.09. The molecular formula is C12H17NO4. The summed E-state index contributed by atoms with van der Waals surface area (Å²) < 4.78 is 10.4. The summed E-state index contributed by atoms with van der Waals surface area (Å²) in [7, 11) is 3.07. The van der Waals surface area contributed by atoms with Crippen LogP contribution in [0.15, 0.2) is 18.2 Å². The van der Waals surface area contributed by atoms with E-state index in [-0.39, 0.29) is 6.54 Å². The molecule has 0 saturated carbocycles. The Morgan fingerprint density at radius 2 is 2.12 bits per heavy atom. The van der Waals surface area contributed by atoms with Crippen molar-refractivity contribution in [1.29, 1.82) is 0 Å². The van der Waals surface area contributed by atoms with Gasteiger partial charge in [0.1, 0.15) is 0 Å². The third-order valence-electron chi connectivity index (χ3n) is 2.63. The van der Waals surface area contributed by atoms with Gasteiger partial charge in [0.25, 0.3) is 0 Å². The molecule has 17 heavy (non-hydrogen) atoms. The molecule has 0 amide bonds. The molecule has 5 nitrogen and oxygen atoms in total. The third-order valence-corrected chi connectivity index (χ3v) is 2.63. The van der Waals surface area contributed by atoms with Crippen LogP contribution in [0.3, 0.4) is 0 Å². The van der Waals surface area contributed by atoms with E-state index >= 15 is 0 Å². The summed E-state index contributed by atoms with van der Waals surface area (Å²) in [5.74, 6) is -0.554. The summed E-state index contributed by atoms with van der Waals surface area (Å²) in [6.07, 6.45) is 0.326. The molecule has 0 spiro atoms. The summed E-state index contributed by atoms with van der Waals surface area (Å²) >= 11 is 0. The first-order valence-electron chi connectivity index (χ1n) is 5.34. The molecule has 0 aliphatic heterocycles. The summed E-state index contributed by atoms with van der Waals surface area (Å²) in [6, 6.07) is 5.37. The van der Waals surface area contributed by atoms with Crippen LogP contribution in [-0.4, -0.2) is 26.7 Å². The Morgan fingerprint density at radius 1 is 1.41 bits per heavy atom. The number of carboxylic acids is 1. The first kappa shape index (κ1) is 13.3. The molecule has 1 aromatic rings. The molecule has 0 heterocycles. The topological polar surface area (TPSA) is 86.2 Å². The fourth-order valence-electron chi connectivity index (χ4n) is 1.68. The Bertz CT molecular complexity index is 392. The SMILES string of the molecule is COc1cccc(C[C@H](C[NH3+])C(=O)[O-])c1OC. The molecule has 3 N–H and O–H groups in total. The number of carbonyl (C=O) groups excluding carboxylic acids is 1. The van der Waals surface area contributed by atoms with Crippen molar-refractivity contribution in [1.82, 2.24) is 0 Å². The van der Waals surface area contributed by atoms with Crippen LogP contribution in [0.5, 0.6) is 11.5 Å². The van der Waals surface area contributed by atoms with Gasteiger partial charge in [-0.05, 0) is 18.1 Å². The smallest absolute Gasteiger partial charge is 0.163 e. The second-order valence-electron chi connectivity index (χ2n) is 3.66. The van der Waals surface area contributed by atoms with Gasteiger partial charge in [-0.25, -0.2) is 0 Å². The lowest BCUT2D eigenvalue weighted by Gasteiger charge is -2.17. The van der Waals surface area contributed by atoms with E-state index in [2.05, 4.69) is 5.73 Å². The van der Waals surface area contributed by atoms with Gasteiger partial charge in [-0.15, -0.1) is 0 Å². The molecule has 1 aromatic carbocycles. The van der Waals surface area contributed by atoms with Crippen molar-refractivity contribution in [3.63, 3.8) is 0 Å². The van der Waals surface area contributed by atoms with Crippen LogP contribution in [0.2, 0.25) is 0 Å². The molecule has 1 rings (SSSR count). The van der Waals surface area contributed by atoms with Gasteiger partial charge < -0.3 is 25.1 Å². The number of benzene rings is 1. The maximum absolute atomic E-state index is 10.9. The van der Waals surface area contributed by atoms with E-state index in [1.54, 1.807) is 19.2 Å². The fraction of sp³-hybridized carbons (Fsp3) is 0.417. The predicted molar refractivity (Wildman–Crippen MR) is 59.5 cm³/mol. The Kier molecular flexibility index (Phi) is 4.78. The molecule has 0 bridgehead atoms. The van der Waals surface area contributed by atoms with Crippen LogP contribution in [0.25, 0.3) is 0 Å². The van der Waals surface area contributed by atoms with Crippen LogP contribution in [-0.2, 0) is 11.2 Å². The Labute approximate surface area is 100 Å². The lowest BCUT2D eigenvalue weighted by atomic mass is 9.98. The number of aliphatic carboxylic acids is 1. The number of methoxy groups -OCH3 is 2. The van der Waals surface area contributed by atoms with E-state index in [1.165, 1.54) is 7.11 Å². The highest BCUT2D eigenvalue weighted by Gasteiger charge is 2.16. The lowest BCUT2D eigenvalue weighted by Crippen LogP contribution is -2.57. The molecule has 0 aromatic heterocycles. The second-order valence-corrected chi connectivity index (χ2v) is 3.66. The van der Waals surface area contributed by atoms with Gasteiger partial charge in [-0.2, -0.15) is 0 Å². The highest BCUT2D eigenvalue weighted by molar-refractivity contribution is 5.68. The van der Waals surface area contributed by atoms with Crippen molar-refractivity contribution in [2.24, 2.45) is 5.92 Å². The zero-order chi connectivity index (χ0) is 12.8. The fourth-order valence-corrected chi connectivity index (χ4v) is 1.68. The predicted octanol–water partition coefficient (Wildman–Crippen LogP) is -1.15. The van der Waals surface area contributed by atoms with E-state index in [0.717, 1.165) is 5.56 Å². The second kappa shape index (κ2) is 6.10. The zero-order valence-electron chi connectivity index (χ0n) is 10.1. The minimum absolute atomic E-state index is 0.280. The number of hydrogen-bond donors (Lipinski definition) is 1. The van der Waals surface area contributed by atoms with Gasteiger partial charge in [0, 0.05) is 0 Å². The number of quaternary nitrogens is 1. The van der Waals surface area contributed by atoms with Gasteiger partial charge in [-0.3, -0.25) is 0 Å². The molecule has 0 unspecified atom stereocenters. The van der Waals surface area contributed by atoms with Crippen LogP contribution in [0, 0.1) is 5.92 Å². The molecule has 0 aliphatic rings. The van der Waals surface area contributed by atoms with Crippen LogP contribution in [0.1, 0.15) is 5.56 Å². The molecule has 0 radical (unpaired) electrons. The van der Waals surface area contributed by atoms with E-state index in [1.807, 2.05) is 6.07 Å². The highest BCUT2D eigenvalue weighted by Crippen LogP contribution is 2.31. The van der Waals surface area contributed by atoms with Crippen molar-refractivity contribution in [2.45, 2.75) is 6.42 Å². The van der Waals surface area contributed by atoms with Crippen molar-refractivity contribution >= 4 is 5.97 Å². The van der Waals surface area contributed by atoms with Gasteiger partial charge in [0.05, 0.1) is 32.7 Å². The van der Waals surface area contributed by atoms with Crippen molar-refractivity contribution < 1.29 is 25.1 Å². The van der Waals surface area contributed by atoms with Gasteiger partial charge in [-0.1, -0.05) is 12.1 Å². The number of ether oxygens (including phenoxy) is 2. The monoisotopic (exact) mass is 239 g/mol. The Hall–Kier alpha value is -1.75. The maximum Gasteiger partial charge on any atom is 0.163 e. The standard InChI is InChI=1S/C12H17NO4/c1-16-10-5-3-4-8(11(10)17-2)6-9(7-13)12(14)15/h3-5,9H,6-7,13H2,1-2H3,(H,14,15)/t9-/m1/s1. The normalized spacial score (nSPS) is 11.9. The summed E-state index contributed by atoms with van der Waals surface area (Å²) in [4.78, 5) is 10.9.